The molecule has 0 fully saturated rings. The molecule has 110 valence electrons. The van der Waals surface area contributed by atoms with E-state index in [4.69, 9.17) is 10.9 Å². The summed E-state index contributed by atoms with van der Waals surface area (Å²) in [6.07, 6.45) is 0. The van der Waals surface area contributed by atoms with E-state index in [2.05, 4.69) is 21.1 Å². The highest BCUT2D eigenvalue weighted by molar-refractivity contribution is 9.10. The lowest BCUT2D eigenvalue weighted by molar-refractivity contribution is 0.318. The van der Waals surface area contributed by atoms with Crippen molar-refractivity contribution in [2.24, 2.45) is 10.9 Å². The summed E-state index contributed by atoms with van der Waals surface area (Å²) in [5, 5.41) is 11.6. The molecule has 21 heavy (non-hydrogen) atoms. The third-order valence-electron chi connectivity index (χ3n) is 3.14. The lowest BCUT2D eigenvalue weighted by atomic mass is 10.1. The highest BCUT2D eigenvalue weighted by Gasteiger charge is 2.15. The Kier molecular flexibility index (Phi) is 4.90. The van der Waals surface area contributed by atoms with Crippen LogP contribution >= 0.6 is 27.7 Å². The molecule has 0 amide bonds. The first-order valence-electron chi connectivity index (χ1n) is 6.15. The van der Waals surface area contributed by atoms with Crippen molar-refractivity contribution >= 4 is 33.5 Å². The molecule has 0 radical (unpaired) electrons. The Morgan fingerprint density at radius 1 is 1.24 bits per heavy atom. The molecule has 0 aliphatic carbocycles. The molecule has 0 heterocycles. The standard InChI is InChI=1S/C15H14BrFN2OS/c1-8-3-4-10(7-9(8)2)21-12-6-5-11(15(18)19-20)13(16)14(12)17/h3-7,20H,1-2H3,(H2,18,19). The van der Waals surface area contributed by atoms with Gasteiger partial charge in [0.05, 0.1) is 4.47 Å². The zero-order valence-corrected chi connectivity index (χ0v) is 13.9. The van der Waals surface area contributed by atoms with Crippen LogP contribution in [0.4, 0.5) is 4.39 Å². The van der Waals surface area contributed by atoms with Crippen molar-refractivity contribution in [2.75, 3.05) is 0 Å². The van der Waals surface area contributed by atoms with E-state index in [0.29, 0.717) is 10.5 Å². The Bertz CT molecular complexity index is 719. The topological polar surface area (TPSA) is 58.6 Å². The number of nitrogens with two attached hydrogens (primary N) is 1. The quantitative estimate of drug-likeness (QED) is 0.364. The van der Waals surface area contributed by atoms with Crippen LogP contribution in [-0.2, 0) is 0 Å². The van der Waals surface area contributed by atoms with Gasteiger partial charge in [-0.2, -0.15) is 0 Å². The summed E-state index contributed by atoms with van der Waals surface area (Å²) >= 11 is 4.48. The minimum Gasteiger partial charge on any atom is -0.409 e. The molecule has 0 unspecified atom stereocenters. The van der Waals surface area contributed by atoms with Gasteiger partial charge in [-0.25, -0.2) is 4.39 Å². The predicted molar refractivity (Wildman–Crippen MR) is 86.6 cm³/mol. The smallest absolute Gasteiger partial charge is 0.171 e. The van der Waals surface area contributed by atoms with Gasteiger partial charge < -0.3 is 10.9 Å². The predicted octanol–water partition coefficient (Wildman–Crippen LogP) is 4.45. The number of aryl methyl sites for hydroxylation is 2. The molecule has 0 atom stereocenters. The van der Waals surface area contributed by atoms with Crippen LogP contribution in [0.5, 0.6) is 0 Å². The second-order valence-electron chi connectivity index (χ2n) is 4.57. The number of hydrogen-bond acceptors (Lipinski definition) is 3. The third kappa shape index (κ3) is 3.39. The molecule has 0 bridgehead atoms. The minimum absolute atomic E-state index is 0.136. The molecular formula is C15H14BrFN2OS. The summed E-state index contributed by atoms with van der Waals surface area (Å²) in [6.45, 7) is 4.06. The van der Waals surface area contributed by atoms with Gasteiger partial charge in [-0.05, 0) is 65.2 Å². The molecule has 2 aromatic rings. The van der Waals surface area contributed by atoms with Crippen LogP contribution in [0.25, 0.3) is 0 Å². The first-order valence-corrected chi connectivity index (χ1v) is 7.76. The molecule has 3 N–H and O–H groups in total. The van der Waals surface area contributed by atoms with Crippen molar-refractivity contribution in [1.82, 2.24) is 0 Å². The molecule has 2 rings (SSSR count). The van der Waals surface area contributed by atoms with E-state index in [9.17, 15) is 4.39 Å². The van der Waals surface area contributed by atoms with E-state index in [0.717, 1.165) is 10.5 Å². The van der Waals surface area contributed by atoms with Gasteiger partial charge in [0.1, 0.15) is 0 Å². The van der Waals surface area contributed by atoms with Gasteiger partial charge in [-0.3, -0.25) is 0 Å². The number of halogens is 2. The van der Waals surface area contributed by atoms with Gasteiger partial charge in [0.15, 0.2) is 11.7 Å². The fourth-order valence-electron chi connectivity index (χ4n) is 1.77. The lowest BCUT2D eigenvalue weighted by Gasteiger charge is -2.09. The third-order valence-corrected chi connectivity index (χ3v) is 4.94. The zero-order chi connectivity index (χ0) is 15.6. The van der Waals surface area contributed by atoms with Gasteiger partial charge in [-0.15, -0.1) is 0 Å². The van der Waals surface area contributed by atoms with E-state index in [1.807, 2.05) is 32.0 Å². The van der Waals surface area contributed by atoms with Gasteiger partial charge in [0.2, 0.25) is 0 Å². The summed E-state index contributed by atoms with van der Waals surface area (Å²) in [5.41, 5.74) is 8.18. The maximum atomic E-state index is 14.4. The maximum Gasteiger partial charge on any atom is 0.171 e. The van der Waals surface area contributed by atoms with Gasteiger partial charge in [0.25, 0.3) is 0 Å². The highest BCUT2D eigenvalue weighted by atomic mass is 79.9. The number of benzene rings is 2. The number of amidine groups is 1. The number of rotatable bonds is 3. The number of oxime groups is 1. The molecule has 6 heteroatoms. The Hall–Kier alpha value is -1.53. The normalized spacial score (nSPS) is 11.7. The van der Waals surface area contributed by atoms with E-state index in [1.165, 1.54) is 17.3 Å². The van der Waals surface area contributed by atoms with Crippen LogP contribution < -0.4 is 5.73 Å². The molecular weight excluding hydrogens is 355 g/mol. The zero-order valence-electron chi connectivity index (χ0n) is 11.5. The van der Waals surface area contributed by atoms with Crippen LogP contribution in [-0.4, -0.2) is 11.0 Å². The summed E-state index contributed by atoms with van der Waals surface area (Å²) in [5.74, 6) is -0.564. The average molecular weight is 369 g/mol. The second kappa shape index (κ2) is 6.49. The van der Waals surface area contributed by atoms with Crippen LogP contribution in [0.3, 0.4) is 0 Å². The number of hydrogen-bond donors (Lipinski definition) is 2. The molecule has 0 aliphatic rings. The first-order chi connectivity index (χ1) is 9.93. The largest absolute Gasteiger partial charge is 0.409 e. The first kappa shape index (κ1) is 15.9. The average Bonchev–Trinajstić information content (AvgIpc) is 2.47. The van der Waals surface area contributed by atoms with E-state index in [1.54, 1.807) is 12.1 Å². The van der Waals surface area contributed by atoms with Crippen molar-refractivity contribution in [1.29, 1.82) is 0 Å². The van der Waals surface area contributed by atoms with E-state index >= 15 is 0 Å². The Labute approximate surface area is 135 Å². The molecule has 0 aromatic heterocycles. The van der Waals surface area contributed by atoms with Crippen molar-refractivity contribution in [3.8, 4) is 0 Å². The summed E-state index contributed by atoms with van der Waals surface area (Å²) in [4.78, 5) is 1.43. The SMILES string of the molecule is Cc1ccc(Sc2ccc(/C(N)=N/O)c(Br)c2F)cc1C. The molecule has 0 aliphatic heterocycles. The summed E-state index contributed by atoms with van der Waals surface area (Å²) in [6, 6.07) is 9.22. The lowest BCUT2D eigenvalue weighted by Crippen LogP contribution is -2.14. The van der Waals surface area contributed by atoms with Crippen LogP contribution in [0.2, 0.25) is 0 Å². The monoisotopic (exact) mass is 368 g/mol. The Balaban J connectivity index is 2.37. The van der Waals surface area contributed by atoms with Crippen molar-refractivity contribution in [2.45, 2.75) is 23.6 Å². The van der Waals surface area contributed by atoms with E-state index in [-0.39, 0.29) is 10.3 Å². The Morgan fingerprint density at radius 3 is 2.57 bits per heavy atom. The fraction of sp³-hybridized carbons (Fsp3) is 0.133. The van der Waals surface area contributed by atoms with Gasteiger partial charge in [-0.1, -0.05) is 23.0 Å². The minimum atomic E-state index is -0.428. The second-order valence-corrected chi connectivity index (χ2v) is 6.48. The maximum absolute atomic E-state index is 14.4. The van der Waals surface area contributed by atoms with Crippen LogP contribution in [0.15, 0.2) is 49.8 Å². The van der Waals surface area contributed by atoms with Crippen molar-refractivity contribution < 1.29 is 9.60 Å². The fourth-order valence-corrected chi connectivity index (χ4v) is 3.40. The van der Waals surface area contributed by atoms with Gasteiger partial charge >= 0.3 is 0 Å². The number of nitrogens with zero attached hydrogens (tertiary/aromatic N) is 1. The molecule has 0 saturated carbocycles. The molecule has 3 nitrogen and oxygen atoms in total. The van der Waals surface area contributed by atoms with Gasteiger partial charge in [0, 0.05) is 15.4 Å². The van der Waals surface area contributed by atoms with Crippen LogP contribution in [0, 0.1) is 19.7 Å². The summed E-state index contributed by atoms with van der Waals surface area (Å²) < 4.78 is 14.6. The van der Waals surface area contributed by atoms with Crippen LogP contribution in [0.1, 0.15) is 16.7 Å². The highest BCUT2D eigenvalue weighted by Crippen LogP contribution is 2.35. The van der Waals surface area contributed by atoms with E-state index < -0.39 is 5.82 Å². The molecule has 0 saturated heterocycles. The Morgan fingerprint density at radius 2 is 1.95 bits per heavy atom. The molecule has 2 aromatic carbocycles. The molecule has 0 spiro atoms. The van der Waals surface area contributed by atoms with Crippen molar-refractivity contribution in [3.05, 3.63) is 57.3 Å². The summed E-state index contributed by atoms with van der Waals surface area (Å²) in [7, 11) is 0. The van der Waals surface area contributed by atoms with Crippen molar-refractivity contribution in [3.63, 3.8) is 0 Å².